The molecule has 0 bridgehead atoms. The fourth-order valence-corrected chi connectivity index (χ4v) is 3.62. The zero-order valence-electron chi connectivity index (χ0n) is 18.5. The number of benzene rings is 1. The van der Waals surface area contributed by atoms with E-state index in [1.807, 2.05) is 43.5 Å². The van der Waals surface area contributed by atoms with Crippen molar-refractivity contribution in [2.24, 2.45) is 5.92 Å². The van der Waals surface area contributed by atoms with Crippen molar-refractivity contribution in [3.05, 3.63) is 64.9 Å². The Morgan fingerprint density at radius 3 is 2.75 bits per heavy atom. The zero-order chi connectivity index (χ0) is 22.6. The van der Waals surface area contributed by atoms with Crippen LogP contribution in [-0.2, 0) is 38.3 Å². The van der Waals surface area contributed by atoms with Gasteiger partial charge in [0.25, 0.3) is 0 Å². The normalized spacial score (nSPS) is 15.1. The number of carbonyl (C=O) groups is 2. The van der Waals surface area contributed by atoms with Crippen molar-refractivity contribution in [2.45, 2.75) is 19.3 Å². The second-order valence-electron chi connectivity index (χ2n) is 7.74. The van der Waals surface area contributed by atoms with Crippen LogP contribution in [0.4, 0.5) is 5.82 Å². The number of likely N-dealkylation sites (N-methyl/N-ethyl adjacent to an activating group) is 1. The van der Waals surface area contributed by atoms with Crippen LogP contribution >= 0.6 is 0 Å². The van der Waals surface area contributed by atoms with Crippen molar-refractivity contribution in [1.29, 1.82) is 0 Å². The average Bonchev–Trinajstić information content (AvgIpc) is 3.23. The van der Waals surface area contributed by atoms with Crippen LogP contribution in [0.3, 0.4) is 0 Å². The van der Waals surface area contributed by atoms with E-state index in [4.69, 9.17) is 9.47 Å². The van der Waals surface area contributed by atoms with Gasteiger partial charge in [0, 0.05) is 25.1 Å². The number of hydrogen-bond donors (Lipinski definition) is 2. The SMILES string of the molecule is CNCCOCCOC/C=C/c1ccc(NC(=O)C2Cc3ccc(CC=O)cc3C2)nc1. The first-order valence-electron chi connectivity index (χ1n) is 11.0. The number of fused-ring (bicyclic) bond motifs is 1. The highest BCUT2D eigenvalue weighted by atomic mass is 16.5. The first-order chi connectivity index (χ1) is 15.7. The van der Waals surface area contributed by atoms with Crippen molar-refractivity contribution in [3.63, 3.8) is 0 Å². The van der Waals surface area contributed by atoms with Crippen molar-refractivity contribution in [3.8, 4) is 0 Å². The van der Waals surface area contributed by atoms with Gasteiger partial charge in [0.15, 0.2) is 0 Å². The number of carbonyl (C=O) groups excluding carboxylic acids is 2. The third-order valence-corrected chi connectivity index (χ3v) is 5.32. The van der Waals surface area contributed by atoms with Crippen LogP contribution in [0.1, 0.15) is 22.3 Å². The lowest BCUT2D eigenvalue weighted by molar-refractivity contribution is -0.119. The maximum Gasteiger partial charge on any atom is 0.229 e. The van der Waals surface area contributed by atoms with Crippen molar-refractivity contribution >= 4 is 24.1 Å². The van der Waals surface area contributed by atoms with Crippen LogP contribution < -0.4 is 10.6 Å². The minimum absolute atomic E-state index is 0.0285. The molecule has 7 nitrogen and oxygen atoms in total. The molecule has 0 saturated heterocycles. The van der Waals surface area contributed by atoms with Crippen LogP contribution in [0, 0.1) is 5.92 Å². The van der Waals surface area contributed by atoms with Crippen LogP contribution in [0.5, 0.6) is 0 Å². The Bertz CT molecular complexity index is 912. The van der Waals surface area contributed by atoms with E-state index in [0.29, 0.717) is 51.5 Å². The van der Waals surface area contributed by atoms with E-state index in [-0.39, 0.29) is 11.8 Å². The fourth-order valence-electron chi connectivity index (χ4n) is 3.62. The van der Waals surface area contributed by atoms with Gasteiger partial charge in [-0.05, 0) is 54.3 Å². The Morgan fingerprint density at radius 2 is 1.97 bits per heavy atom. The molecule has 7 heteroatoms. The van der Waals surface area contributed by atoms with Gasteiger partial charge in [-0.2, -0.15) is 0 Å². The number of anilines is 1. The largest absolute Gasteiger partial charge is 0.378 e. The molecule has 2 N–H and O–H groups in total. The molecular weight excluding hydrogens is 406 g/mol. The second-order valence-corrected chi connectivity index (χ2v) is 7.74. The van der Waals surface area contributed by atoms with Gasteiger partial charge in [-0.1, -0.05) is 30.4 Å². The first kappa shape index (κ1) is 23.8. The van der Waals surface area contributed by atoms with E-state index in [1.165, 1.54) is 5.56 Å². The summed E-state index contributed by atoms with van der Waals surface area (Å²) in [6, 6.07) is 9.75. The summed E-state index contributed by atoms with van der Waals surface area (Å²) >= 11 is 0. The molecule has 0 saturated carbocycles. The molecule has 1 amide bonds. The Balaban J connectivity index is 1.39. The van der Waals surface area contributed by atoms with Gasteiger partial charge in [-0.15, -0.1) is 0 Å². The van der Waals surface area contributed by atoms with Gasteiger partial charge in [0.05, 0.1) is 26.4 Å². The number of pyridine rings is 1. The predicted molar refractivity (Wildman–Crippen MR) is 125 cm³/mol. The third-order valence-electron chi connectivity index (χ3n) is 5.32. The van der Waals surface area contributed by atoms with Crippen molar-refractivity contribution < 1.29 is 19.1 Å². The Hall–Kier alpha value is -2.87. The molecule has 1 heterocycles. The maximum absolute atomic E-state index is 12.7. The Kier molecular flexibility index (Phi) is 9.56. The summed E-state index contributed by atoms with van der Waals surface area (Å²) in [4.78, 5) is 27.8. The van der Waals surface area contributed by atoms with Crippen LogP contribution in [0.15, 0.2) is 42.6 Å². The van der Waals surface area contributed by atoms with Gasteiger partial charge in [-0.25, -0.2) is 4.98 Å². The first-order valence-corrected chi connectivity index (χ1v) is 11.0. The number of nitrogens with zero attached hydrogens (tertiary/aromatic N) is 1. The standard InChI is InChI=1S/C25H31N3O4/c1-26-9-12-32-14-13-31-11-2-3-20-5-7-24(27-18-20)28-25(30)23-16-21-6-4-19(8-10-29)15-22(21)17-23/h2-7,10,15,18,23,26H,8-9,11-14,16-17H2,1H3,(H,27,28,30)/b3-2+. The number of nitrogens with one attached hydrogen (secondary N) is 2. The molecule has 1 aliphatic carbocycles. The molecule has 1 aromatic carbocycles. The number of rotatable bonds is 13. The molecule has 170 valence electrons. The third kappa shape index (κ3) is 7.37. The summed E-state index contributed by atoms with van der Waals surface area (Å²) in [6.45, 7) is 3.16. The lowest BCUT2D eigenvalue weighted by Gasteiger charge is -2.10. The molecular formula is C25H31N3O4. The predicted octanol–water partition coefficient (Wildman–Crippen LogP) is 2.44. The summed E-state index contributed by atoms with van der Waals surface area (Å²) < 4.78 is 10.9. The van der Waals surface area contributed by atoms with E-state index in [0.717, 1.165) is 29.5 Å². The molecule has 1 aliphatic rings. The molecule has 1 atom stereocenters. The summed E-state index contributed by atoms with van der Waals surface area (Å²) in [6.07, 6.45) is 8.30. The van der Waals surface area contributed by atoms with Crippen LogP contribution in [0.25, 0.3) is 6.08 Å². The van der Waals surface area contributed by atoms with E-state index < -0.39 is 0 Å². The van der Waals surface area contributed by atoms with Gasteiger partial charge in [-0.3, -0.25) is 4.79 Å². The van der Waals surface area contributed by atoms with Crippen molar-refractivity contribution in [1.82, 2.24) is 10.3 Å². The van der Waals surface area contributed by atoms with E-state index >= 15 is 0 Å². The molecule has 3 rings (SSSR count). The minimum atomic E-state index is -0.114. The van der Waals surface area contributed by atoms with Gasteiger partial charge < -0.3 is 24.9 Å². The smallest absolute Gasteiger partial charge is 0.229 e. The number of amides is 1. The Morgan fingerprint density at radius 1 is 1.12 bits per heavy atom. The molecule has 1 aromatic heterocycles. The molecule has 2 aromatic rings. The molecule has 0 spiro atoms. The lowest BCUT2D eigenvalue weighted by Crippen LogP contribution is -2.23. The summed E-state index contributed by atoms with van der Waals surface area (Å²) in [5.41, 5.74) is 4.27. The lowest BCUT2D eigenvalue weighted by atomic mass is 10.0. The molecule has 0 radical (unpaired) electrons. The number of hydrogen-bond acceptors (Lipinski definition) is 6. The highest BCUT2D eigenvalue weighted by Gasteiger charge is 2.27. The zero-order valence-corrected chi connectivity index (χ0v) is 18.5. The van der Waals surface area contributed by atoms with Gasteiger partial charge in [0.1, 0.15) is 12.1 Å². The molecule has 1 unspecified atom stereocenters. The van der Waals surface area contributed by atoms with Gasteiger partial charge >= 0.3 is 0 Å². The quantitative estimate of drug-likeness (QED) is 0.370. The summed E-state index contributed by atoms with van der Waals surface area (Å²) in [5, 5.41) is 5.94. The van der Waals surface area contributed by atoms with E-state index in [9.17, 15) is 9.59 Å². The van der Waals surface area contributed by atoms with Crippen molar-refractivity contribution in [2.75, 3.05) is 45.3 Å². The number of aromatic nitrogens is 1. The average molecular weight is 438 g/mol. The second kappa shape index (κ2) is 12.9. The highest BCUT2D eigenvalue weighted by molar-refractivity contribution is 5.92. The van der Waals surface area contributed by atoms with Gasteiger partial charge in [0.2, 0.25) is 5.91 Å². The monoisotopic (exact) mass is 437 g/mol. The minimum Gasteiger partial charge on any atom is -0.378 e. The van der Waals surface area contributed by atoms with E-state index in [1.54, 1.807) is 12.3 Å². The van der Waals surface area contributed by atoms with E-state index in [2.05, 4.69) is 15.6 Å². The topological polar surface area (TPSA) is 89.5 Å². The summed E-state index contributed by atoms with van der Waals surface area (Å²) in [7, 11) is 1.89. The molecule has 32 heavy (non-hydrogen) atoms. The molecule has 0 fully saturated rings. The van der Waals surface area contributed by atoms with Crippen LogP contribution in [-0.4, -0.2) is 57.2 Å². The Labute approximate surface area is 189 Å². The van der Waals surface area contributed by atoms with Crippen LogP contribution in [0.2, 0.25) is 0 Å². The fraction of sp³-hybridized carbons (Fsp3) is 0.400. The number of ether oxygens (including phenoxy) is 2. The summed E-state index contributed by atoms with van der Waals surface area (Å²) in [5.74, 6) is 0.399. The number of aldehydes is 1. The highest BCUT2D eigenvalue weighted by Crippen LogP contribution is 2.28. The maximum atomic E-state index is 12.7. The molecule has 0 aliphatic heterocycles.